The first-order valence-electron chi connectivity index (χ1n) is 9.82. The second kappa shape index (κ2) is 11.5. The number of hydrogen-bond acceptors (Lipinski definition) is 3. The summed E-state index contributed by atoms with van der Waals surface area (Å²) < 4.78 is 0. The van der Waals surface area contributed by atoms with Crippen molar-refractivity contribution >= 4 is 29.5 Å². The third-order valence-electron chi connectivity index (χ3n) is 5.38. The van der Waals surface area contributed by atoms with E-state index >= 15 is 0 Å². The molecule has 138 valence electrons. The summed E-state index contributed by atoms with van der Waals surface area (Å²) >= 11 is 4.46. The van der Waals surface area contributed by atoms with Crippen molar-refractivity contribution in [3.63, 3.8) is 0 Å². The minimum absolute atomic E-state index is 0.297. The molecule has 1 unspecified atom stereocenters. The number of allylic oxidation sites excluding steroid dienone is 2. The molecular formula is C20H34O2S2. The Bertz CT molecular complexity index is 397. The van der Waals surface area contributed by atoms with Crippen LogP contribution in [0.2, 0.25) is 0 Å². The van der Waals surface area contributed by atoms with Crippen LogP contribution >= 0.6 is 23.5 Å². The Hall–Kier alpha value is -0.0900. The van der Waals surface area contributed by atoms with E-state index in [-0.39, 0.29) is 0 Å². The average molecular weight is 371 g/mol. The first-order chi connectivity index (χ1) is 11.7. The Labute approximate surface area is 156 Å². The molecule has 0 spiro atoms. The summed E-state index contributed by atoms with van der Waals surface area (Å²) in [5.74, 6) is 3.80. The highest BCUT2D eigenvalue weighted by Gasteiger charge is 2.47. The summed E-state index contributed by atoms with van der Waals surface area (Å²) in [6.45, 7) is 2.28. The van der Waals surface area contributed by atoms with Crippen LogP contribution in [0.1, 0.15) is 71.1 Å². The maximum atomic E-state index is 10.5. The summed E-state index contributed by atoms with van der Waals surface area (Å²) in [7, 11) is 0. The van der Waals surface area contributed by atoms with Gasteiger partial charge in [-0.1, -0.05) is 38.3 Å². The normalized spacial score (nSPS) is 28.9. The van der Waals surface area contributed by atoms with Crippen molar-refractivity contribution in [2.24, 2.45) is 11.8 Å². The molecule has 4 heteroatoms. The fourth-order valence-corrected chi connectivity index (χ4v) is 7.48. The van der Waals surface area contributed by atoms with Gasteiger partial charge >= 0.3 is 5.97 Å². The van der Waals surface area contributed by atoms with Gasteiger partial charge in [-0.15, -0.1) is 0 Å². The molecule has 2 fully saturated rings. The van der Waals surface area contributed by atoms with Gasteiger partial charge in [0.05, 0.1) is 0 Å². The van der Waals surface area contributed by atoms with Crippen molar-refractivity contribution in [1.82, 2.24) is 0 Å². The van der Waals surface area contributed by atoms with E-state index in [1.54, 1.807) is 0 Å². The number of carboxylic acids is 1. The highest BCUT2D eigenvalue weighted by atomic mass is 32.2. The van der Waals surface area contributed by atoms with Crippen LogP contribution in [0.3, 0.4) is 0 Å². The molecule has 2 aliphatic heterocycles. The zero-order chi connectivity index (χ0) is 17.2. The minimum Gasteiger partial charge on any atom is -0.481 e. The summed E-state index contributed by atoms with van der Waals surface area (Å²) in [5, 5.41) is 10.5. The van der Waals surface area contributed by atoms with Gasteiger partial charge in [0.1, 0.15) is 0 Å². The fraction of sp³-hybridized carbons (Fsp3) is 0.850. The molecule has 0 aromatic carbocycles. The van der Waals surface area contributed by atoms with E-state index in [1.165, 1.54) is 56.5 Å². The van der Waals surface area contributed by atoms with Gasteiger partial charge in [0.25, 0.3) is 0 Å². The highest BCUT2D eigenvalue weighted by molar-refractivity contribution is 8.01. The van der Waals surface area contributed by atoms with Crippen molar-refractivity contribution in [1.29, 1.82) is 0 Å². The van der Waals surface area contributed by atoms with Gasteiger partial charge in [0.15, 0.2) is 0 Å². The van der Waals surface area contributed by atoms with E-state index in [2.05, 4.69) is 42.6 Å². The van der Waals surface area contributed by atoms with Crippen molar-refractivity contribution in [3.8, 4) is 0 Å². The largest absolute Gasteiger partial charge is 0.481 e. The second-order valence-electron chi connectivity index (χ2n) is 7.25. The van der Waals surface area contributed by atoms with Crippen molar-refractivity contribution in [3.05, 3.63) is 12.2 Å². The first-order valence-corrected chi connectivity index (χ1v) is 11.9. The van der Waals surface area contributed by atoms with Crippen LogP contribution in [0.15, 0.2) is 12.2 Å². The Morgan fingerprint density at radius 1 is 1.12 bits per heavy atom. The van der Waals surface area contributed by atoms with E-state index in [0.717, 1.165) is 35.2 Å². The monoisotopic (exact) mass is 370 g/mol. The first kappa shape index (κ1) is 20.2. The molecule has 2 aliphatic rings. The van der Waals surface area contributed by atoms with Crippen LogP contribution < -0.4 is 0 Å². The van der Waals surface area contributed by atoms with Crippen LogP contribution in [0.25, 0.3) is 0 Å². The summed E-state index contributed by atoms with van der Waals surface area (Å²) in [6.07, 6.45) is 16.1. The highest BCUT2D eigenvalue weighted by Crippen LogP contribution is 2.55. The molecule has 0 amide bonds. The van der Waals surface area contributed by atoms with Gasteiger partial charge in [0.2, 0.25) is 0 Å². The molecule has 24 heavy (non-hydrogen) atoms. The molecule has 1 N–H and O–H groups in total. The van der Waals surface area contributed by atoms with E-state index in [4.69, 9.17) is 5.11 Å². The molecule has 0 aromatic rings. The van der Waals surface area contributed by atoms with E-state index in [1.807, 2.05) is 0 Å². The average Bonchev–Trinajstić information content (AvgIpc) is 3.15. The predicted molar refractivity (Wildman–Crippen MR) is 108 cm³/mol. The molecule has 2 saturated heterocycles. The number of carboxylic acid groups (broad SMARTS) is 1. The summed E-state index contributed by atoms with van der Waals surface area (Å²) in [4.78, 5) is 10.5. The van der Waals surface area contributed by atoms with Crippen molar-refractivity contribution < 1.29 is 9.90 Å². The number of hydrogen-bond donors (Lipinski definition) is 1. The lowest BCUT2D eigenvalue weighted by molar-refractivity contribution is -0.137. The van der Waals surface area contributed by atoms with Crippen LogP contribution in [0.4, 0.5) is 0 Å². The number of rotatable bonds is 13. The Balaban J connectivity index is 1.65. The Kier molecular flexibility index (Phi) is 9.70. The summed E-state index contributed by atoms with van der Waals surface area (Å²) in [6, 6.07) is 0. The van der Waals surface area contributed by atoms with Crippen LogP contribution in [-0.4, -0.2) is 33.1 Å². The number of carbonyl (C=O) groups is 1. The molecule has 4 atom stereocenters. The summed E-state index contributed by atoms with van der Waals surface area (Å²) in [5.41, 5.74) is 0. The third-order valence-corrected chi connectivity index (χ3v) is 8.45. The fourth-order valence-electron chi connectivity index (χ4n) is 4.02. The molecule has 0 aliphatic carbocycles. The smallest absolute Gasteiger partial charge is 0.303 e. The lowest BCUT2D eigenvalue weighted by atomic mass is 9.78. The second-order valence-corrected chi connectivity index (χ2v) is 9.88. The molecular weight excluding hydrogens is 336 g/mol. The number of fused-ring (bicyclic) bond motifs is 2. The maximum Gasteiger partial charge on any atom is 0.303 e. The molecule has 0 aromatic heterocycles. The van der Waals surface area contributed by atoms with Crippen LogP contribution in [0, 0.1) is 11.8 Å². The lowest BCUT2D eigenvalue weighted by Crippen LogP contribution is -2.28. The van der Waals surface area contributed by atoms with Crippen molar-refractivity contribution in [2.75, 3.05) is 11.5 Å². The SMILES string of the molecule is CCCCCCSC[C@@H]1[C@@H]2CCC(S2)[C@@H]1C/C=C\CCCC(=O)O. The minimum atomic E-state index is -0.677. The standard InChI is InChI=1S/C20H34O2S2/c1-2-3-4-9-14-23-15-17-16(18-12-13-19(17)24-18)10-7-5-6-8-11-20(21)22/h5,7,16-19H,2-4,6,8-15H2,1H3,(H,21,22)/b7-5-/t16-,17+,18?,19+/m1/s1. The van der Waals surface area contributed by atoms with Gasteiger partial charge in [-0.3, -0.25) is 4.79 Å². The van der Waals surface area contributed by atoms with Gasteiger partial charge in [-0.2, -0.15) is 23.5 Å². The van der Waals surface area contributed by atoms with E-state index in [9.17, 15) is 4.79 Å². The van der Waals surface area contributed by atoms with Gasteiger partial charge in [0, 0.05) is 16.9 Å². The number of unbranched alkanes of at least 4 members (excludes halogenated alkanes) is 4. The number of thioether (sulfide) groups is 2. The third kappa shape index (κ3) is 6.67. The molecule has 0 radical (unpaired) electrons. The van der Waals surface area contributed by atoms with Gasteiger partial charge < -0.3 is 5.11 Å². The number of aliphatic carboxylic acids is 1. The van der Waals surface area contributed by atoms with Gasteiger partial charge in [-0.25, -0.2) is 0 Å². The quantitative estimate of drug-likeness (QED) is 0.318. The molecule has 2 heterocycles. The van der Waals surface area contributed by atoms with Crippen LogP contribution in [0.5, 0.6) is 0 Å². The zero-order valence-corrected chi connectivity index (χ0v) is 16.8. The molecule has 0 saturated carbocycles. The molecule has 2 rings (SSSR count). The van der Waals surface area contributed by atoms with Crippen molar-refractivity contribution in [2.45, 2.75) is 81.6 Å². The maximum absolute atomic E-state index is 10.5. The lowest BCUT2D eigenvalue weighted by Gasteiger charge is -2.28. The van der Waals surface area contributed by atoms with E-state index in [0.29, 0.717) is 6.42 Å². The van der Waals surface area contributed by atoms with Gasteiger partial charge in [-0.05, 0) is 61.9 Å². The molecule has 2 nitrogen and oxygen atoms in total. The van der Waals surface area contributed by atoms with Crippen LogP contribution in [-0.2, 0) is 4.79 Å². The zero-order valence-electron chi connectivity index (χ0n) is 15.1. The topological polar surface area (TPSA) is 37.3 Å². The van der Waals surface area contributed by atoms with E-state index < -0.39 is 5.97 Å². The Morgan fingerprint density at radius 2 is 1.92 bits per heavy atom. The Morgan fingerprint density at radius 3 is 2.67 bits per heavy atom. The predicted octanol–water partition coefficient (Wildman–Crippen LogP) is 6.01. The molecule has 2 bridgehead atoms.